The Morgan fingerprint density at radius 2 is 1.96 bits per heavy atom. The number of aliphatic hydroxyl groups excluding tert-OH is 1. The van der Waals surface area contributed by atoms with Crippen LogP contribution >= 0.6 is 11.6 Å². The Balaban J connectivity index is 1.74. The van der Waals surface area contributed by atoms with Crippen molar-refractivity contribution in [2.24, 2.45) is 0 Å². The number of ether oxygens (including phenoxy) is 1. The van der Waals surface area contributed by atoms with Gasteiger partial charge in [0.2, 0.25) is 0 Å². The first-order valence-electron chi connectivity index (χ1n) is 7.97. The van der Waals surface area contributed by atoms with Gasteiger partial charge >= 0.3 is 0 Å². The van der Waals surface area contributed by atoms with E-state index < -0.39 is 6.10 Å². The molecule has 0 aliphatic rings. The minimum absolute atomic E-state index is 0.0940. The smallest absolute Gasteiger partial charge is 0.261 e. The Labute approximate surface area is 150 Å². The molecule has 0 spiro atoms. The average Bonchev–Trinajstić information content (AvgIpc) is 2.57. The van der Waals surface area contributed by atoms with Crippen molar-refractivity contribution in [3.05, 3.63) is 69.2 Å². The van der Waals surface area contributed by atoms with Crippen molar-refractivity contribution in [2.45, 2.75) is 26.5 Å². The summed E-state index contributed by atoms with van der Waals surface area (Å²) in [4.78, 5) is 16.7. The molecule has 0 fully saturated rings. The van der Waals surface area contributed by atoms with E-state index in [1.165, 1.54) is 10.9 Å². The fraction of sp³-hybridized carbons (Fsp3) is 0.263. The van der Waals surface area contributed by atoms with Gasteiger partial charge in [-0.1, -0.05) is 29.8 Å². The molecule has 130 valence electrons. The zero-order chi connectivity index (χ0) is 18.0. The van der Waals surface area contributed by atoms with Gasteiger partial charge < -0.3 is 9.84 Å². The second-order valence-corrected chi connectivity index (χ2v) is 6.49. The molecular weight excluding hydrogens is 340 g/mol. The molecule has 0 unspecified atom stereocenters. The maximum Gasteiger partial charge on any atom is 0.261 e. The first-order chi connectivity index (χ1) is 12.0. The first kappa shape index (κ1) is 17.5. The first-order valence-corrected chi connectivity index (χ1v) is 8.35. The van der Waals surface area contributed by atoms with Gasteiger partial charge in [-0.25, -0.2) is 4.98 Å². The van der Waals surface area contributed by atoms with E-state index in [1.807, 2.05) is 32.0 Å². The van der Waals surface area contributed by atoms with Gasteiger partial charge in [0.25, 0.3) is 5.56 Å². The maximum absolute atomic E-state index is 12.5. The molecule has 2 aromatic carbocycles. The lowest BCUT2D eigenvalue weighted by Crippen LogP contribution is -2.30. The number of hydrogen-bond acceptors (Lipinski definition) is 4. The highest BCUT2D eigenvalue weighted by Crippen LogP contribution is 2.22. The van der Waals surface area contributed by atoms with Crippen molar-refractivity contribution in [1.82, 2.24) is 9.55 Å². The van der Waals surface area contributed by atoms with Gasteiger partial charge in [-0.05, 0) is 43.2 Å². The number of rotatable bonds is 5. The Morgan fingerprint density at radius 3 is 2.68 bits per heavy atom. The number of nitrogens with zero attached hydrogens (tertiary/aromatic N) is 2. The minimum atomic E-state index is -0.830. The quantitative estimate of drug-likeness (QED) is 0.761. The third-order valence-electron chi connectivity index (χ3n) is 4.02. The zero-order valence-electron chi connectivity index (χ0n) is 14.1. The summed E-state index contributed by atoms with van der Waals surface area (Å²) in [6, 6.07) is 10.8. The lowest BCUT2D eigenvalue weighted by Gasteiger charge is -2.16. The molecule has 6 heteroatoms. The Kier molecular flexibility index (Phi) is 5.06. The number of aryl methyl sites for hydroxylation is 2. The molecule has 0 bridgehead atoms. The molecule has 3 rings (SSSR count). The molecule has 0 radical (unpaired) electrons. The Bertz CT molecular complexity index is 948. The predicted octanol–water partition coefficient (Wildman–Crippen LogP) is 3.11. The van der Waals surface area contributed by atoms with Crippen LogP contribution in [0.15, 0.2) is 47.5 Å². The Morgan fingerprint density at radius 1 is 1.24 bits per heavy atom. The molecule has 3 aromatic rings. The van der Waals surface area contributed by atoms with E-state index in [-0.39, 0.29) is 18.7 Å². The lowest BCUT2D eigenvalue weighted by molar-refractivity contribution is 0.0908. The summed E-state index contributed by atoms with van der Waals surface area (Å²) in [7, 11) is 0. The number of hydrogen-bond donors (Lipinski definition) is 1. The molecule has 1 N–H and O–H groups in total. The lowest BCUT2D eigenvalue weighted by atomic mass is 10.1. The number of aromatic nitrogens is 2. The van der Waals surface area contributed by atoms with Crippen molar-refractivity contribution in [1.29, 1.82) is 0 Å². The van der Waals surface area contributed by atoms with E-state index in [4.69, 9.17) is 16.3 Å². The summed E-state index contributed by atoms with van der Waals surface area (Å²) in [5.41, 5.74) is 2.34. The number of benzene rings is 2. The van der Waals surface area contributed by atoms with Crippen LogP contribution in [0.2, 0.25) is 5.02 Å². The highest BCUT2D eigenvalue weighted by molar-refractivity contribution is 6.31. The van der Waals surface area contributed by atoms with E-state index >= 15 is 0 Å². The summed E-state index contributed by atoms with van der Waals surface area (Å²) in [6.45, 7) is 4.11. The van der Waals surface area contributed by atoms with Crippen molar-refractivity contribution < 1.29 is 9.84 Å². The molecular formula is C19H19ClN2O3. The average molecular weight is 359 g/mol. The molecule has 0 amide bonds. The molecule has 1 heterocycles. The van der Waals surface area contributed by atoms with E-state index in [0.29, 0.717) is 15.9 Å². The zero-order valence-corrected chi connectivity index (χ0v) is 14.8. The second kappa shape index (κ2) is 7.25. The summed E-state index contributed by atoms with van der Waals surface area (Å²) >= 11 is 5.91. The SMILES string of the molecule is Cc1cccc(C)c1OC[C@@H](O)Cn1cnc2cc(Cl)ccc2c1=O. The third-order valence-corrected chi connectivity index (χ3v) is 4.26. The van der Waals surface area contributed by atoms with Crippen LogP contribution in [0.25, 0.3) is 10.9 Å². The fourth-order valence-electron chi connectivity index (χ4n) is 2.75. The minimum Gasteiger partial charge on any atom is -0.490 e. The molecule has 5 nitrogen and oxygen atoms in total. The molecule has 1 aromatic heterocycles. The summed E-state index contributed by atoms with van der Waals surface area (Å²) in [5.74, 6) is 0.764. The van der Waals surface area contributed by atoms with Gasteiger partial charge in [0.15, 0.2) is 0 Å². The van der Waals surface area contributed by atoms with Crippen LogP contribution < -0.4 is 10.3 Å². The summed E-state index contributed by atoms with van der Waals surface area (Å²) in [5, 5.41) is 11.2. The van der Waals surface area contributed by atoms with Gasteiger partial charge in [-0.15, -0.1) is 0 Å². The van der Waals surface area contributed by atoms with E-state index in [1.54, 1.807) is 18.2 Å². The number of para-hydroxylation sites is 1. The van der Waals surface area contributed by atoms with Crippen molar-refractivity contribution in [3.63, 3.8) is 0 Å². The van der Waals surface area contributed by atoms with E-state index in [2.05, 4.69) is 4.98 Å². The van der Waals surface area contributed by atoms with Crippen LogP contribution in [0.5, 0.6) is 5.75 Å². The highest BCUT2D eigenvalue weighted by atomic mass is 35.5. The molecule has 0 aliphatic heterocycles. The van der Waals surface area contributed by atoms with Gasteiger partial charge in [-0.2, -0.15) is 0 Å². The van der Waals surface area contributed by atoms with Crippen LogP contribution in [-0.2, 0) is 6.54 Å². The molecule has 0 aliphatic carbocycles. The van der Waals surface area contributed by atoms with Crippen LogP contribution in [-0.4, -0.2) is 27.4 Å². The van der Waals surface area contributed by atoms with Crippen LogP contribution in [0, 0.1) is 13.8 Å². The van der Waals surface area contributed by atoms with E-state index in [9.17, 15) is 9.90 Å². The normalized spacial score (nSPS) is 12.3. The summed E-state index contributed by atoms with van der Waals surface area (Å²) in [6.07, 6.45) is 0.590. The second-order valence-electron chi connectivity index (χ2n) is 6.05. The van der Waals surface area contributed by atoms with Gasteiger partial charge in [0, 0.05) is 5.02 Å². The van der Waals surface area contributed by atoms with Crippen molar-refractivity contribution >= 4 is 22.5 Å². The molecule has 0 saturated heterocycles. The van der Waals surface area contributed by atoms with Gasteiger partial charge in [0.05, 0.1) is 23.8 Å². The largest absolute Gasteiger partial charge is 0.490 e. The fourth-order valence-corrected chi connectivity index (χ4v) is 2.91. The number of fused-ring (bicyclic) bond motifs is 1. The number of halogens is 1. The van der Waals surface area contributed by atoms with Crippen molar-refractivity contribution in [3.8, 4) is 5.75 Å². The van der Waals surface area contributed by atoms with Gasteiger partial charge in [0.1, 0.15) is 18.5 Å². The van der Waals surface area contributed by atoms with Crippen molar-refractivity contribution in [2.75, 3.05) is 6.61 Å². The van der Waals surface area contributed by atoms with Crippen LogP contribution in [0.1, 0.15) is 11.1 Å². The van der Waals surface area contributed by atoms with Crippen LogP contribution in [0.4, 0.5) is 0 Å². The standard InChI is InChI=1S/C19H19ClN2O3/c1-12-4-3-5-13(2)18(12)25-10-15(23)9-22-11-21-17-8-14(20)6-7-16(17)19(22)24/h3-8,11,15,23H,9-10H2,1-2H3/t15-/m0/s1. The monoisotopic (exact) mass is 358 g/mol. The molecule has 0 saturated carbocycles. The number of aliphatic hydroxyl groups is 1. The third kappa shape index (κ3) is 3.83. The van der Waals surface area contributed by atoms with E-state index in [0.717, 1.165) is 16.9 Å². The molecule has 1 atom stereocenters. The van der Waals surface area contributed by atoms with Gasteiger partial charge in [-0.3, -0.25) is 9.36 Å². The molecule has 25 heavy (non-hydrogen) atoms. The topological polar surface area (TPSA) is 64.3 Å². The van der Waals surface area contributed by atoms with Crippen LogP contribution in [0.3, 0.4) is 0 Å². The summed E-state index contributed by atoms with van der Waals surface area (Å²) < 4.78 is 7.13. The maximum atomic E-state index is 12.5. The highest BCUT2D eigenvalue weighted by Gasteiger charge is 2.12. The predicted molar refractivity (Wildman–Crippen MR) is 98.4 cm³/mol. The Hall–Kier alpha value is -2.37.